The minimum absolute atomic E-state index is 0.212. The van der Waals surface area contributed by atoms with E-state index >= 15 is 0 Å². The lowest BCUT2D eigenvalue weighted by Gasteiger charge is -2.12. The van der Waals surface area contributed by atoms with E-state index in [0.717, 1.165) is 34.1 Å². The van der Waals surface area contributed by atoms with E-state index in [0.29, 0.717) is 28.1 Å². The summed E-state index contributed by atoms with van der Waals surface area (Å²) in [5.41, 5.74) is 10.9. The third-order valence-corrected chi connectivity index (χ3v) is 4.43. The zero-order chi connectivity index (χ0) is 15.4. The van der Waals surface area contributed by atoms with Gasteiger partial charge in [-0.25, -0.2) is 9.97 Å². The second-order valence-corrected chi connectivity index (χ2v) is 6.06. The highest BCUT2D eigenvalue weighted by Crippen LogP contribution is 2.45. The fourth-order valence-corrected chi connectivity index (χ4v) is 3.53. The van der Waals surface area contributed by atoms with E-state index in [9.17, 15) is 0 Å². The molecule has 0 saturated heterocycles. The van der Waals surface area contributed by atoms with Crippen molar-refractivity contribution in [3.05, 3.63) is 33.4 Å². The van der Waals surface area contributed by atoms with Crippen molar-refractivity contribution in [3.63, 3.8) is 0 Å². The number of nitrogen functional groups attached to an aromatic ring is 1. The molecular formula is C15H12Cl2N4O. The summed E-state index contributed by atoms with van der Waals surface area (Å²) in [5.74, 6) is 0.888. The maximum atomic E-state index is 6.45. The first-order valence-electron chi connectivity index (χ1n) is 6.81. The molecule has 0 atom stereocenters. The van der Waals surface area contributed by atoms with Crippen molar-refractivity contribution in [3.8, 4) is 17.0 Å². The number of benzene rings is 1. The second-order valence-electron chi connectivity index (χ2n) is 5.25. The van der Waals surface area contributed by atoms with E-state index in [1.165, 1.54) is 0 Å². The van der Waals surface area contributed by atoms with Gasteiger partial charge < -0.3 is 15.5 Å². The highest BCUT2D eigenvalue weighted by atomic mass is 35.5. The number of H-pyrrole nitrogens is 1. The van der Waals surface area contributed by atoms with Gasteiger partial charge in [-0.3, -0.25) is 0 Å². The summed E-state index contributed by atoms with van der Waals surface area (Å²) in [4.78, 5) is 11.9. The Kier molecular flexibility index (Phi) is 2.96. The molecule has 112 valence electrons. The SMILES string of the molecule is Cc1c[nH]c2c(-c3c(Cl)cc(Cl)c4c3CCO4)nc(N)nc12. The van der Waals surface area contributed by atoms with Gasteiger partial charge in [-0.15, -0.1) is 0 Å². The number of anilines is 1. The Hall–Kier alpha value is -1.98. The minimum atomic E-state index is 0.212. The predicted octanol–water partition coefficient (Wildman–Crippen LogP) is 3.76. The van der Waals surface area contributed by atoms with Crippen LogP contribution >= 0.6 is 23.2 Å². The zero-order valence-electron chi connectivity index (χ0n) is 11.7. The van der Waals surface area contributed by atoms with Gasteiger partial charge in [-0.2, -0.15) is 0 Å². The molecule has 1 aliphatic heterocycles. The van der Waals surface area contributed by atoms with Crippen molar-refractivity contribution >= 4 is 40.2 Å². The standard InChI is InChI=1S/C15H12Cl2N4O/c1-6-5-19-13-11(6)20-15(18)21-12(13)10-7-2-3-22-14(7)9(17)4-8(10)16/h4-5,19H,2-3H2,1H3,(H2,18,20,21). The molecule has 4 rings (SSSR count). The van der Waals surface area contributed by atoms with Gasteiger partial charge in [0.15, 0.2) is 0 Å². The topological polar surface area (TPSA) is 76.8 Å². The van der Waals surface area contributed by atoms with Crippen molar-refractivity contribution in [2.24, 2.45) is 0 Å². The summed E-state index contributed by atoms with van der Waals surface area (Å²) >= 11 is 12.7. The van der Waals surface area contributed by atoms with Gasteiger partial charge in [0.25, 0.3) is 0 Å². The van der Waals surface area contributed by atoms with Crippen molar-refractivity contribution in [2.75, 3.05) is 12.3 Å². The number of hydrogen-bond donors (Lipinski definition) is 2. The molecule has 0 amide bonds. The highest BCUT2D eigenvalue weighted by Gasteiger charge is 2.26. The third kappa shape index (κ3) is 1.86. The zero-order valence-corrected chi connectivity index (χ0v) is 13.2. The summed E-state index contributed by atoms with van der Waals surface area (Å²) in [5, 5.41) is 1.04. The number of rotatable bonds is 1. The van der Waals surface area contributed by atoms with E-state index in [2.05, 4.69) is 15.0 Å². The van der Waals surface area contributed by atoms with Crippen LogP contribution in [0.1, 0.15) is 11.1 Å². The molecule has 5 nitrogen and oxygen atoms in total. The van der Waals surface area contributed by atoms with E-state index in [1.54, 1.807) is 6.07 Å². The largest absolute Gasteiger partial charge is 0.491 e. The van der Waals surface area contributed by atoms with Crippen LogP contribution < -0.4 is 10.5 Å². The van der Waals surface area contributed by atoms with Crippen molar-refractivity contribution < 1.29 is 4.74 Å². The number of halogens is 2. The van der Waals surface area contributed by atoms with Crippen LogP contribution in [-0.2, 0) is 6.42 Å². The molecule has 3 aromatic rings. The van der Waals surface area contributed by atoms with Crippen molar-refractivity contribution in [1.82, 2.24) is 15.0 Å². The van der Waals surface area contributed by atoms with Crippen LogP contribution in [0.4, 0.5) is 5.95 Å². The van der Waals surface area contributed by atoms with Crippen LogP contribution in [0, 0.1) is 6.92 Å². The number of aromatic nitrogens is 3. The summed E-state index contributed by atoms with van der Waals surface area (Å²) in [6.07, 6.45) is 2.61. The maximum absolute atomic E-state index is 6.45. The number of nitrogens with two attached hydrogens (primary N) is 1. The number of aromatic amines is 1. The quantitative estimate of drug-likeness (QED) is 0.710. The molecule has 0 bridgehead atoms. The molecule has 0 spiro atoms. The van der Waals surface area contributed by atoms with Crippen LogP contribution in [0.25, 0.3) is 22.3 Å². The average molecular weight is 335 g/mol. The lowest BCUT2D eigenvalue weighted by atomic mass is 10.0. The predicted molar refractivity (Wildman–Crippen MR) is 87.7 cm³/mol. The number of nitrogens with one attached hydrogen (secondary N) is 1. The summed E-state index contributed by atoms with van der Waals surface area (Å²) in [6.45, 7) is 2.54. The van der Waals surface area contributed by atoms with E-state index in [1.807, 2.05) is 13.1 Å². The molecule has 0 fully saturated rings. The molecule has 0 radical (unpaired) electrons. The van der Waals surface area contributed by atoms with Gasteiger partial charge in [0.2, 0.25) is 5.95 Å². The number of aryl methyl sites for hydroxylation is 1. The van der Waals surface area contributed by atoms with E-state index in [4.69, 9.17) is 33.7 Å². The molecule has 22 heavy (non-hydrogen) atoms. The molecule has 0 aliphatic carbocycles. The van der Waals surface area contributed by atoms with Gasteiger partial charge >= 0.3 is 0 Å². The number of nitrogens with zero attached hydrogens (tertiary/aromatic N) is 2. The minimum Gasteiger partial charge on any atom is -0.491 e. The molecule has 3 heterocycles. The highest BCUT2D eigenvalue weighted by molar-refractivity contribution is 6.37. The van der Waals surface area contributed by atoms with Crippen LogP contribution in [0.2, 0.25) is 10.0 Å². The average Bonchev–Trinajstić information content (AvgIpc) is 3.07. The smallest absolute Gasteiger partial charge is 0.221 e. The Balaban J connectivity index is 2.11. The lowest BCUT2D eigenvalue weighted by Crippen LogP contribution is -2.00. The number of hydrogen-bond acceptors (Lipinski definition) is 4. The molecule has 7 heteroatoms. The maximum Gasteiger partial charge on any atom is 0.221 e. The van der Waals surface area contributed by atoms with Crippen LogP contribution in [0.5, 0.6) is 5.75 Å². The van der Waals surface area contributed by atoms with Crippen LogP contribution in [-0.4, -0.2) is 21.6 Å². The lowest BCUT2D eigenvalue weighted by molar-refractivity contribution is 0.357. The Morgan fingerprint density at radius 3 is 2.91 bits per heavy atom. The van der Waals surface area contributed by atoms with E-state index in [-0.39, 0.29) is 5.95 Å². The first-order chi connectivity index (χ1) is 10.6. The van der Waals surface area contributed by atoms with E-state index < -0.39 is 0 Å². The third-order valence-electron chi connectivity index (χ3n) is 3.85. The second kappa shape index (κ2) is 4.76. The molecule has 0 saturated carbocycles. The Morgan fingerprint density at radius 1 is 1.27 bits per heavy atom. The van der Waals surface area contributed by atoms with Gasteiger partial charge in [0.1, 0.15) is 11.4 Å². The first kappa shape index (κ1) is 13.7. The van der Waals surface area contributed by atoms with Crippen LogP contribution in [0.15, 0.2) is 12.3 Å². The molecular weight excluding hydrogens is 323 g/mol. The van der Waals surface area contributed by atoms with Gasteiger partial charge in [-0.05, 0) is 18.6 Å². The number of ether oxygens (including phenoxy) is 1. The normalized spacial score (nSPS) is 13.4. The number of fused-ring (bicyclic) bond motifs is 2. The Bertz CT molecular complexity index is 920. The van der Waals surface area contributed by atoms with Gasteiger partial charge in [0, 0.05) is 23.7 Å². The molecule has 3 N–H and O–H groups in total. The molecule has 0 unspecified atom stereocenters. The molecule has 2 aromatic heterocycles. The summed E-state index contributed by atoms with van der Waals surface area (Å²) in [6, 6.07) is 1.68. The van der Waals surface area contributed by atoms with Crippen molar-refractivity contribution in [1.29, 1.82) is 0 Å². The first-order valence-corrected chi connectivity index (χ1v) is 7.57. The molecule has 1 aliphatic rings. The van der Waals surface area contributed by atoms with Gasteiger partial charge in [0.05, 0.1) is 27.7 Å². The Labute approximate surface area is 136 Å². The van der Waals surface area contributed by atoms with Gasteiger partial charge in [-0.1, -0.05) is 23.2 Å². The van der Waals surface area contributed by atoms with Crippen LogP contribution in [0.3, 0.4) is 0 Å². The monoisotopic (exact) mass is 334 g/mol. The fourth-order valence-electron chi connectivity index (χ4n) is 2.89. The summed E-state index contributed by atoms with van der Waals surface area (Å²) < 4.78 is 5.62. The Morgan fingerprint density at radius 2 is 2.09 bits per heavy atom. The molecule has 1 aromatic carbocycles. The fraction of sp³-hybridized carbons (Fsp3) is 0.200. The van der Waals surface area contributed by atoms with Crippen molar-refractivity contribution in [2.45, 2.75) is 13.3 Å². The summed E-state index contributed by atoms with van der Waals surface area (Å²) in [7, 11) is 0.